The number of hydrogen-bond donors (Lipinski definition) is 0. The lowest BCUT2D eigenvalue weighted by Crippen LogP contribution is -2.47. The summed E-state index contributed by atoms with van der Waals surface area (Å²) in [6.45, 7) is 4.64. The third kappa shape index (κ3) is 3.89. The fourth-order valence-electron chi connectivity index (χ4n) is 3.83. The van der Waals surface area contributed by atoms with Crippen LogP contribution in [0.1, 0.15) is 11.3 Å². The number of benzene rings is 1. The monoisotopic (exact) mass is 415 g/mol. The Bertz CT molecular complexity index is 1090. The maximum atomic E-state index is 13.3. The molecule has 2 aromatic heterocycles. The van der Waals surface area contributed by atoms with Gasteiger partial charge >= 0.3 is 0 Å². The second kappa shape index (κ2) is 7.79. The van der Waals surface area contributed by atoms with Crippen molar-refractivity contribution in [2.24, 2.45) is 0 Å². The Labute approximate surface area is 171 Å². The lowest BCUT2D eigenvalue weighted by molar-refractivity contribution is 0.238. The molecule has 29 heavy (non-hydrogen) atoms. The van der Waals surface area contributed by atoms with Gasteiger partial charge in [-0.25, -0.2) is 9.07 Å². The number of fused-ring (bicyclic) bond motifs is 2. The predicted octanol–water partition coefficient (Wildman–Crippen LogP) is 2.14. The Kier molecular flexibility index (Phi) is 5.01. The van der Waals surface area contributed by atoms with E-state index in [4.69, 9.17) is 4.42 Å². The molecule has 1 aromatic carbocycles. The Morgan fingerprint density at radius 3 is 2.86 bits per heavy atom. The molecular formula is C20H22FN5O2S. The van der Waals surface area contributed by atoms with Crippen LogP contribution >= 0.6 is 11.8 Å². The van der Waals surface area contributed by atoms with Crippen LogP contribution < -0.4 is 10.5 Å². The molecule has 0 saturated carbocycles. The van der Waals surface area contributed by atoms with Gasteiger partial charge in [0.15, 0.2) is 5.58 Å². The molecule has 4 heterocycles. The molecule has 1 fully saturated rings. The van der Waals surface area contributed by atoms with Gasteiger partial charge in [-0.05, 0) is 23.4 Å². The standard InChI is InChI=1S/C20H22FN5O2S/c21-15-1-2-17-18(12-15)28-20(22-17)25-7-4-24(5-8-25)6-9-26-19(27)11-14-13-29-10-3-16(14)23-26/h1-2,11-12H,3-10,13H2. The highest BCUT2D eigenvalue weighted by Gasteiger charge is 2.21. The van der Waals surface area contributed by atoms with Crippen molar-refractivity contribution in [1.82, 2.24) is 19.7 Å². The average Bonchev–Trinajstić information content (AvgIpc) is 3.16. The molecule has 3 aromatic rings. The molecule has 7 nitrogen and oxygen atoms in total. The van der Waals surface area contributed by atoms with Crippen LogP contribution in [-0.2, 0) is 18.7 Å². The van der Waals surface area contributed by atoms with Crippen LogP contribution in [0.2, 0.25) is 0 Å². The van der Waals surface area contributed by atoms with Crippen LogP contribution in [0.15, 0.2) is 33.5 Å². The minimum Gasteiger partial charge on any atom is -0.423 e. The van der Waals surface area contributed by atoms with Crippen LogP contribution in [0.4, 0.5) is 10.4 Å². The van der Waals surface area contributed by atoms with E-state index < -0.39 is 0 Å². The highest BCUT2D eigenvalue weighted by atomic mass is 32.2. The molecule has 5 rings (SSSR count). The quantitative estimate of drug-likeness (QED) is 0.647. The van der Waals surface area contributed by atoms with Crippen LogP contribution in [0.25, 0.3) is 11.1 Å². The molecule has 0 N–H and O–H groups in total. The van der Waals surface area contributed by atoms with Crippen molar-refractivity contribution < 1.29 is 8.81 Å². The third-order valence-corrected chi connectivity index (χ3v) is 6.52. The second-order valence-electron chi connectivity index (χ2n) is 7.42. The van der Waals surface area contributed by atoms with Crippen molar-refractivity contribution in [3.8, 4) is 0 Å². The molecule has 1 saturated heterocycles. The summed E-state index contributed by atoms with van der Waals surface area (Å²) in [6.07, 6.45) is 0.938. The fourth-order valence-corrected chi connectivity index (χ4v) is 4.79. The Morgan fingerprint density at radius 1 is 1.14 bits per heavy atom. The molecule has 0 unspecified atom stereocenters. The van der Waals surface area contributed by atoms with Gasteiger partial charge in [0, 0.05) is 57.0 Å². The van der Waals surface area contributed by atoms with E-state index in [2.05, 4.69) is 19.9 Å². The van der Waals surface area contributed by atoms with E-state index >= 15 is 0 Å². The zero-order valence-corrected chi connectivity index (χ0v) is 16.8. The van der Waals surface area contributed by atoms with Crippen molar-refractivity contribution >= 4 is 28.9 Å². The number of aryl methyl sites for hydroxylation is 1. The van der Waals surface area contributed by atoms with Gasteiger partial charge in [0.25, 0.3) is 11.6 Å². The molecule has 0 radical (unpaired) electrons. The smallest absolute Gasteiger partial charge is 0.298 e. The van der Waals surface area contributed by atoms with Crippen molar-refractivity contribution in [3.05, 3.63) is 51.7 Å². The molecule has 9 heteroatoms. The van der Waals surface area contributed by atoms with E-state index in [0.29, 0.717) is 23.7 Å². The van der Waals surface area contributed by atoms with Gasteiger partial charge < -0.3 is 9.32 Å². The van der Waals surface area contributed by atoms with Gasteiger partial charge in [-0.3, -0.25) is 9.69 Å². The highest BCUT2D eigenvalue weighted by molar-refractivity contribution is 7.98. The largest absolute Gasteiger partial charge is 0.423 e. The molecule has 152 valence electrons. The first-order valence-electron chi connectivity index (χ1n) is 9.87. The summed E-state index contributed by atoms with van der Waals surface area (Å²) < 4.78 is 20.7. The van der Waals surface area contributed by atoms with Gasteiger partial charge in [0.1, 0.15) is 11.3 Å². The SMILES string of the molecule is O=c1cc2c(nn1CCN1CCN(c3nc4ccc(F)cc4o3)CC1)CCSC2. The van der Waals surface area contributed by atoms with Crippen molar-refractivity contribution in [2.45, 2.75) is 18.7 Å². The first kappa shape index (κ1) is 18.6. The topological polar surface area (TPSA) is 67.4 Å². The minimum atomic E-state index is -0.324. The zero-order valence-electron chi connectivity index (χ0n) is 16.0. The Morgan fingerprint density at radius 2 is 2.00 bits per heavy atom. The predicted molar refractivity (Wildman–Crippen MR) is 111 cm³/mol. The van der Waals surface area contributed by atoms with Crippen LogP contribution in [0.5, 0.6) is 0 Å². The highest BCUT2D eigenvalue weighted by Crippen LogP contribution is 2.24. The van der Waals surface area contributed by atoms with Gasteiger partial charge in [-0.15, -0.1) is 0 Å². The first-order valence-corrected chi connectivity index (χ1v) is 11.0. The van der Waals surface area contributed by atoms with Crippen molar-refractivity contribution in [2.75, 3.05) is 43.4 Å². The summed E-state index contributed by atoms with van der Waals surface area (Å²) >= 11 is 1.86. The van der Waals surface area contributed by atoms with E-state index in [1.807, 2.05) is 11.8 Å². The molecule has 2 aliphatic rings. The summed E-state index contributed by atoms with van der Waals surface area (Å²) in [5, 5.41) is 4.59. The number of thioether (sulfide) groups is 1. The molecule has 0 atom stereocenters. The van der Waals surface area contributed by atoms with Crippen LogP contribution in [0, 0.1) is 5.82 Å². The average molecular weight is 415 g/mol. The molecule has 0 amide bonds. The van der Waals surface area contributed by atoms with E-state index in [0.717, 1.165) is 61.9 Å². The van der Waals surface area contributed by atoms with Gasteiger partial charge in [0.2, 0.25) is 0 Å². The third-order valence-electron chi connectivity index (χ3n) is 5.51. The van der Waals surface area contributed by atoms with Crippen LogP contribution in [0.3, 0.4) is 0 Å². The van der Waals surface area contributed by atoms with Crippen molar-refractivity contribution in [1.29, 1.82) is 0 Å². The first-order chi connectivity index (χ1) is 14.2. The Hall–Kier alpha value is -2.39. The summed E-state index contributed by atoms with van der Waals surface area (Å²) in [5.41, 5.74) is 3.29. The van der Waals surface area contributed by atoms with E-state index in [1.54, 1.807) is 16.8 Å². The van der Waals surface area contributed by atoms with Gasteiger partial charge in [-0.1, -0.05) is 0 Å². The molecular weight excluding hydrogens is 393 g/mol. The molecule has 0 spiro atoms. The number of halogens is 1. The lowest BCUT2D eigenvalue weighted by Gasteiger charge is -2.33. The minimum absolute atomic E-state index is 0.0106. The zero-order chi connectivity index (χ0) is 19.8. The second-order valence-corrected chi connectivity index (χ2v) is 8.52. The van der Waals surface area contributed by atoms with E-state index in [1.165, 1.54) is 12.1 Å². The molecule has 2 aliphatic heterocycles. The summed E-state index contributed by atoms with van der Waals surface area (Å²) in [7, 11) is 0. The molecule has 0 bridgehead atoms. The number of oxazole rings is 1. The Balaban J connectivity index is 1.19. The number of piperazine rings is 1. The maximum Gasteiger partial charge on any atom is 0.298 e. The number of aromatic nitrogens is 3. The number of rotatable bonds is 4. The van der Waals surface area contributed by atoms with Crippen molar-refractivity contribution in [3.63, 3.8) is 0 Å². The fraction of sp³-hybridized carbons (Fsp3) is 0.450. The number of hydrogen-bond acceptors (Lipinski definition) is 7. The normalized spacial score (nSPS) is 17.6. The van der Waals surface area contributed by atoms with Crippen LogP contribution in [-0.4, -0.2) is 58.1 Å². The van der Waals surface area contributed by atoms with Gasteiger partial charge in [-0.2, -0.15) is 21.8 Å². The summed E-state index contributed by atoms with van der Waals surface area (Å²) in [6, 6.07) is 6.68. The number of nitrogens with zero attached hydrogens (tertiary/aromatic N) is 5. The molecule has 0 aliphatic carbocycles. The van der Waals surface area contributed by atoms with E-state index in [-0.39, 0.29) is 11.4 Å². The summed E-state index contributed by atoms with van der Waals surface area (Å²) in [4.78, 5) is 21.2. The summed E-state index contributed by atoms with van der Waals surface area (Å²) in [5.74, 6) is 1.64. The lowest BCUT2D eigenvalue weighted by atomic mass is 10.2. The maximum absolute atomic E-state index is 13.3. The van der Waals surface area contributed by atoms with Gasteiger partial charge in [0.05, 0.1) is 12.2 Å². The van der Waals surface area contributed by atoms with E-state index in [9.17, 15) is 9.18 Å². The number of anilines is 1.